The number of aromatic nitrogens is 6. The molecule has 38 nitrogen and oxygen atoms in total. The summed E-state index contributed by atoms with van der Waals surface area (Å²) in [7, 11) is -12.6. The number of guanidine groups is 1. The van der Waals surface area contributed by atoms with Gasteiger partial charge in [-0.05, 0) is 117 Å². The number of nitrogens with zero attached hydrogens (tertiary/aromatic N) is 10. The molecule has 5 aromatic rings. The molecule has 3 aliphatic heterocycles. The van der Waals surface area contributed by atoms with Gasteiger partial charge in [-0.1, -0.05) is 96.6 Å². The first-order chi connectivity index (χ1) is 57.3. The van der Waals surface area contributed by atoms with Gasteiger partial charge in [0.05, 0.1) is 82.1 Å². The van der Waals surface area contributed by atoms with E-state index in [1.54, 1.807) is 23.0 Å². The van der Waals surface area contributed by atoms with Gasteiger partial charge in [-0.25, -0.2) is 22.9 Å². The Morgan fingerprint density at radius 3 is 2.10 bits per heavy atom. The second-order valence-electron chi connectivity index (χ2n) is 30.7. The Morgan fingerprint density at radius 2 is 1.43 bits per heavy atom. The Balaban J connectivity index is 0.851. The number of aliphatic imine (C=N–C) groups is 2. The lowest BCUT2D eigenvalue weighted by Gasteiger charge is -2.27. The molecular weight excluding hydrogens is 1710 g/mol. The van der Waals surface area contributed by atoms with Crippen molar-refractivity contribution in [3.05, 3.63) is 135 Å². The second kappa shape index (κ2) is 43.6. The van der Waals surface area contributed by atoms with Gasteiger partial charge in [-0.2, -0.15) is 16.8 Å². The number of carbonyl (C=O) groups excluding carboxylic acids is 8. The number of para-hydroxylation sites is 1. The zero-order valence-corrected chi connectivity index (χ0v) is 72.3. The van der Waals surface area contributed by atoms with Crippen LogP contribution >= 0.6 is 34.7 Å². The van der Waals surface area contributed by atoms with E-state index in [9.17, 15) is 102 Å². The number of Topliss-reactive ketones (excluding diaryl/α,β-unsaturated/α-hetero) is 3. The maximum atomic E-state index is 14.2. The normalized spacial score (nSPS) is 16.4. The Morgan fingerprint density at radius 1 is 0.746 bits per heavy atom. The van der Waals surface area contributed by atoms with E-state index in [0.717, 1.165) is 38.5 Å². The van der Waals surface area contributed by atoms with Gasteiger partial charge in [-0.15, -0.1) is 27.1 Å². The van der Waals surface area contributed by atoms with Gasteiger partial charge in [0.15, 0.2) is 17.5 Å². The highest BCUT2D eigenvalue weighted by Gasteiger charge is 2.45. The molecule has 5 amide bonds. The number of aliphatic carboxylic acids is 3. The SMILES string of the molecule is CC1(C)C(/C=C/C(=C/C=C2\N(CCCS(=O)(=O)O)c3ccccc3C2(C)C)c2cccc(CCC(=O)NCCN3C(=O)CC(SC[C@H](NC(=O)[C@H](CC(=O)O)CC(=O)[C@H](CCCN=C(N)N)NC(=O)[C@H](CC(=O)O)CC(=O)CCCCn4cc(CCCC(=O)Cc5nnc(S(N)(=O)=O)s5)nn4)C(=O)O)C3=O)c2)=Nc2c1cc(Cl)c[n+]2CCCS(=O)(=O)O. The molecule has 1 saturated heterocycles. The summed E-state index contributed by atoms with van der Waals surface area (Å²) in [6, 6.07) is 13.6. The molecule has 14 N–H and O–H groups in total. The number of thioether (sulfide) groups is 1. The Hall–Kier alpha value is -10.4. The van der Waals surface area contributed by atoms with E-state index in [1.165, 1.54) is 4.68 Å². The number of ketones is 3. The topological polar surface area (TPSA) is 597 Å². The summed E-state index contributed by atoms with van der Waals surface area (Å²) >= 11 is 8.04. The van der Waals surface area contributed by atoms with Crippen molar-refractivity contribution in [2.45, 2.75) is 189 Å². The minimum Gasteiger partial charge on any atom is -0.481 e. The number of nitrogens with two attached hydrogens (primary N) is 3. The van der Waals surface area contributed by atoms with Gasteiger partial charge in [-0.3, -0.25) is 71.6 Å². The number of benzene rings is 2. The molecule has 5 atom stereocenters. The van der Waals surface area contributed by atoms with Gasteiger partial charge in [0, 0.05) is 106 Å². The van der Waals surface area contributed by atoms with Crippen molar-refractivity contribution in [3.63, 3.8) is 0 Å². The van der Waals surface area contributed by atoms with Crippen LogP contribution < -0.4 is 42.0 Å². The van der Waals surface area contributed by atoms with E-state index in [-0.39, 0.29) is 114 Å². The van der Waals surface area contributed by atoms with Crippen LogP contribution in [-0.4, -0.2) is 217 Å². The van der Waals surface area contributed by atoms with Crippen molar-refractivity contribution < 1.29 is 107 Å². The number of amides is 5. The number of carboxylic acid groups (broad SMARTS) is 3. The quantitative estimate of drug-likeness (QED) is 0.00497. The molecule has 8 rings (SSSR count). The predicted octanol–water partition coefficient (Wildman–Crippen LogP) is 4.08. The van der Waals surface area contributed by atoms with Gasteiger partial charge in [0.2, 0.25) is 33.9 Å². The molecule has 0 radical (unpaired) electrons. The first-order valence-electron chi connectivity index (χ1n) is 39.0. The van der Waals surface area contributed by atoms with Gasteiger partial charge >= 0.3 is 23.7 Å². The zero-order valence-electron chi connectivity index (χ0n) is 67.4. The minimum atomic E-state index is -4.27. The van der Waals surface area contributed by atoms with E-state index in [0.29, 0.717) is 76.7 Å². The summed E-state index contributed by atoms with van der Waals surface area (Å²) in [4.78, 5) is 157. The molecule has 1 fully saturated rings. The molecule has 0 bridgehead atoms. The van der Waals surface area contributed by atoms with Crippen LogP contribution in [0, 0.1) is 11.8 Å². The monoisotopic (exact) mass is 1810 g/mol. The standard InChI is InChI=1S/C78H99ClN16O22S5/c1-77(2)57-41-52(79)44-92(30-12-34-120(110,111)112)70(57)87-63(77)25-23-48(24-26-64-78(3,4)56-19-5-6-21-60(56)94(64)32-13-35-121(113,114)115)49-15-9-14-47(36-49)22-27-65(99)83-29-33-95-67(100)43-62(73(95)107)118-46-59(74(108)109)86-72(106)51(40-69(103)104)38-61(98)58(20-11-28-84-75(80)81)85-71(105)50(39-68(101)102)37-54(96)17-7-8-31-93-45-53(88-91-93)16-10-18-55(97)42-66-89-90-76(119-66)122(82,116)117/h5-6,9,14-15,19,21,23-26,36,41,44-45,50-51,58-59,62H,7-8,10-13,16-18,20,22,27-35,37-40,42-43,46H2,1-4H3,(H13-,80,81,82,83,84,85,86,99,101,102,103,104,105,106,108,109,110,111,112,113,114,115,116,117)/p+1/t50-,51-,58-,59-,62?/m0/s1. The summed E-state index contributed by atoms with van der Waals surface area (Å²) in [5.41, 5.74) is 16.5. The maximum Gasteiger partial charge on any atom is 0.327 e. The average molecular weight is 1810 g/mol. The third kappa shape index (κ3) is 29.1. The van der Waals surface area contributed by atoms with Gasteiger partial charge < -0.3 is 47.6 Å². The second-order valence-corrected chi connectivity index (χ2v) is 38.3. The van der Waals surface area contributed by atoms with Crippen molar-refractivity contribution >= 4 is 159 Å². The van der Waals surface area contributed by atoms with E-state index in [1.807, 2.05) is 91.6 Å². The van der Waals surface area contributed by atoms with Crippen LogP contribution in [0.3, 0.4) is 0 Å². The summed E-state index contributed by atoms with van der Waals surface area (Å²) < 4.78 is 92.0. The number of carboxylic acids is 3. The minimum absolute atomic E-state index is 0.00230. The number of primary sulfonamides is 1. The van der Waals surface area contributed by atoms with E-state index in [2.05, 4.69) is 55.3 Å². The number of sulfonamides is 1. The van der Waals surface area contributed by atoms with Crippen LogP contribution in [0.15, 0.2) is 111 Å². The van der Waals surface area contributed by atoms with Gasteiger partial charge in [0.25, 0.3) is 30.3 Å². The molecule has 1 unspecified atom stereocenters. The molecule has 6 heterocycles. The van der Waals surface area contributed by atoms with Crippen molar-refractivity contribution in [1.82, 2.24) is 46.0 Å². The first kappa shape index (κ1) is 97.0. The molecule has 2 aromatic carbocycles. The van der Waals surface area contributed by atoms with E-state index in [4.69, 9.17) is 33.2 Å². The first-order valence-corrected chi connectivity index (χ1v) is 46.0. The van der Waals surface area contributed by atoms with Crippen LogP contribution in [0.4, 0.5) is 11.5 Å². The predicted molar refractivity (Wildman–Crippen MR) is 450 cm³/mol. The number of halogens is 1. The highest BCUT2D eigenvalue weighted by Crippen LogP contribution is 2.48. The van der Waals surface area contributed by atoms with Crippen LogP contribution in [0.25, 0.3) is 5.57 Å². The number of unbranched alkanes of at least 4 members (excludes halogenated alkanes) is 1. The molecule has 0 aliphatic carbocycles. The molecule has 3 aromatic heterocycles. The fourth-order valence-corrected chi connectivity index (χ4v) is 18.1. The number of anilines is 1. The Kier molecular flexibility index (Phi) is 34.7. The number of allylic oxidation sites excluding steroid dienone is 6. The van der Waals surface area contributed by atoms with Crippen LogP contribution in [0.5, 0.6) is 0 Å². The summed E-state index contributed by atoms with van der Waals surface area (Å²) in [5.74, 6) is -14.9. The number of hydrogen-bond acceptors (Lipinski definition) is 26. The largest absolute Gasteiger partial charge is 0.481 e. The van der Waals surface area contributed by atoms with Gasteiger partial charge in [0.1, 0.15) is 28.8 Å². The number of rotatable bonds is 51. The smallest absolute Gasteiger partial charge is 0.327 e. The third-order valence-corrected chi connectivity index (χ3v) is 25.8. The number of pyridine rings is 1. The lowest BCUT2D eigenvalue weighted by Crippen LogP contribution is -2.48. The summed E-state index contributed by atoms with van der Waals surface area (Å²) in [6.45, 7) is 8.27. The number of aryl methyl sites for hydroxylation is 4. The summed E-state index contributed by atoms with van der Waals surface area (Å²) in [5, 5.41) is 57.3. The number of fused-ring (bicyclic) bond motifs is 2. The number of imide groups is 1. The fraction of sp³-hybridized carbons (Fsp3) is 0.487. The lowest BCUT2D eigenvalue weighted by molar-refractivity contribution is -0.684. The summed E-state index contributed by atoms with van der Waals surface area (Å²) in [6.07, 6.45) is 8.69. The van der Waals surface area contributed by atoms with Crippen molar-refractivity contribution in [3.8, 4) is 0 Å². The average Bonchev–Trinajstić information content (AvgIpc) is 1.61. The van der Waals surface area contributed by atoms with Crippen molar-refractivity contribution in [2.75, 3.05) is 48.3 Å². The number of nitrogens with one attached hydrogen (secondary N) is 3. The molecule has 660 valence electrons. The van der Waals surface area contributed by atoms with Crippen LogP contribution in [-0.2, 0) is 126 Å². The molecule has 0 spiro atoms. The van der Waals surface area contributed by atoms with E-state index >= 15 is 0 Å². The third-order valence-electron chi connectivity index (χ3n) is 20.4. The fourth-order valence-electron chi connectivity index (χ4n) is 14.2. The zero-order chi connectivity index (χ0) is 89.6. The van der Waals surface area contributed by atoms with Crippen LogP contribution in [0.2, 0.25) is 5.02 Å². The Bertz CT molecular complexity index is 5300. The number of likely N-dealkylation sites (tertiary alicyclic amines) is 1. The lowest BCUT2D eigenvalue weighted by atomic mass is 9.81. The van der Waals surface area contributed by atoms with Crippen molar-refractivity contribution in [2.24, 2.45) is 38.4 Å². The van der Waals surface area contributed by atoms with Crippen molar-refractivity contribution in [1.29, 1.82) is 0 Å². The molecular formula is C78H100ClN16O22S5+. The van der Waals surface area contributed by atoms with Crippen LogP contribution in [0.1, 0.15) is 157 Å². The molecule has 0 saturated carbocycles. The highest BCUT2D eigenvalue weighted by molar-refractivity contribution is 8.00. The highest BCUT2D eigenvalue weighted by atomic mass is 35.5. The molecule has 122 heavy (non-hydrogen) atoms. The molecule has 3 aliphatic rings. The Labute approximate surface area is 717 Å². The molecule has 44 heteroatoms. The number of carbonyl (C=O) groups is 11. The maximum absolute atomic E-state index is 14.2. The number of hydrogen-bond donors (Lipinski definition) is 11. The van der Waals surface area contributed by atoms with E-state index < -0.39 is 183 Å².